The third-order valence-corrected chi connectivity index (χ3v) is 4.83. The Bertz CT molecular complexity index is 912. The number of nitrogens with zero attached hydrogens (tertiary/aromatic N) is 3. The van der Waals surface area contributed by atoms with Crippen LogP contribution in [-0.4, -0.2) is 29.3 Å². The second kappa shape index (κ2) is 6.25. The third-order valence-electron chi connectivity index (χ3n) is 4.04. The first-order chi connectivity index (χ1) is 12.1. The van der Waals surface area contributed by atoms with Crippen LogP contribution in [-0.2, 0) is 14.3 Å². The van der Waals surface area contributed by atoms with E-state index >= 15 is 0 Å². The highest BCUT2D eigenvalue weighted by atomic mass is 32.1. The monoisotopic (exact) mass is 353 g/mol. The fourth-order valence-corrected chi connectivity index (χ4v) is 3.39. The maximum absolute atomic E-state index is 12.0. The molecule has 3 heterocycles. The van der Waals surface area contributed by atoms with Gasteiger partial charge in [0.05, 0.1) is 10.7 Å². The molecule has 0 unspecified atom stereocenters. The zero-order valence-electron chi connectivity index (χ0n) is 13.6. The number of ether oxygens (including phenoxy) is 1. The molecule has 1 aromatic heterocycles. The Morgan fingerprint density at radius 2 is 2.04 bits per heavy atom. The number of hydrogen-bond acceptors (Lipinski definition) is 6. The summed E-state index contributed by atoms with van der Waals surface area (Å²) in [6.07, 6.45) is 3.10. The van der Waals surface area contributed by atoms with Gasteiger partial charge in [-0.3, -0.25) is 4.79 Å². The molecule has 0 bridgehead atoms. The summed E-state index contributed by atoms with van der Waals surface area (Å²) in [7, 11) is 0. The first-order valence-corrected chi connectivity index (χ1v) is 8.83. The number of hydrogen-bond donors (Lipinski definition) is 0. The lowest BCUT2D eigenvalue weighted by Crippen LogP contribution is -2.23. The Morgan fingerprint density at radius 1 is 1.24 bits per heavy atom. The van der Waals surface area contributed by atoms with Crippen molar-refractivity contribution in [3.8, 4) is 0 Å². The van der Waals surface area contributed by atoms with Crippen LogP contribution in [0.4, 0.5) is 5.69 Å². The molecule has 1 amide bonds. The molecular weight excluding hydrogens is 338 g/mol. The van der Waals surface area contributed by atoms with Gasteiger partial charge >= 0.3 is 5.97 Å². The van der Waals surface area contributed by atoms with E-state index in [9.17, 15) is 9.59 Å². The molecular formula is C18H15N3O3S. The predicted molar refractivity (Wildman–Crippen MR) is 95.5 cm³/mol. The molecule has 25 heavy (non-hydrogen) atoms. The Morgan fingerprint density at radius 3 is 2.68 bits per heavy atom. The molecule has 7 heteroatoms. The van der Waals surface area contributed by atoms with Crippen molar-refractivity contribution in [1.29, 1.82) is 0 Å². The van der Waals surface area contributed by atoms with Gasteiger partial charge in [-0.15, -0.1) is 11.3 Å². The molecule has 0 saturated carbocycles. The van der Waals surface area contributed by atoms with Gasteiger partial charge < -0.3 is 9.64 Å². The number of carbonyl (C=O) groups is 2. The van der Waals surface area contributed by atoms with Gasteiger partial charge in [0, 0.05) is 29.6 Å². The van der Waals surface area contributed by atoms with Crippen LogP contribution < -0.4 is 4.90 Å². The molecule has 2 aliphatic rings. The summed E-state index contributed by atoms with van der Waals surface area (Å²) in [6.45, 7) is 2.65. The average Bonchev–Trinajstić information content (AvgIpc) is 3.30. The molecule has 1 saturated heterocycles. The van der Waals surface area contributed by atoms with Gasteiger partial charge in [-0.2, -0.15) is 0 Å². The van der Waals surface area contributed by atoms with Crippen molar-refractivity contribution in [3.63, 3.8) is 0 Å². The molecule has 0 N–H and O–H groups in total. The number of aliphatic imine (C=N–C) groups is 1. The number of aryl methyl sites for hydroxylation is 1. The van der Waals surface area contributed by atoms with E-state index in [1.807, 2.05) is 36.6 Å². The average molecular weight is 353 g/mol. The van der Waals surface area contributed by atoms with Crippen molar-refractivity contribution >= 4 is 40.9 Å². The minimum atomic E-state index is -0.487. The number of carbonyl (C=O) groups excluding carboxylic acids is 2. The second-order valence-corrected chi connectivity index (χ2v) is 6.89. The molecule has 0 atom stereocenters. The number of anilines is 1. The summed E-state index contributed by atoms with van der Waals surface area (Å²) < 4.78 is 5.26. The first kappa shape index (κ1) is 15.7. The van der Waals surface area contributed by atoms with Crippen LogP contribution in [0.2, 0.25) is 0 Å². The number of thiazole rings is 1. The van der Waals surface area contributed by atoms with Gasteiger partial charge in [-0.25, -0.2) is 14.8 Å². The number of cyclic esters (lactones) is 1. The molecule has 4 rings (SSSR count). The fraction of sp³-hybridized carbons (Fsp3) is 0.222. The summed E-state index contributed by atoms with van der Waals surface area (Å²) in [5.41, 5.74) is 2.48. The minimum absolute atomic E-state index is 0.140. The quantitative estimate of drug-likeness (QED) is 0.628. The van der Waals surface area contributed by atoms with Crippen molar-refractivity contribution in [3.05, 3.63) is 51.6 Å². The summed E-state index contributed by atoms with van der Waals surface area (Å²) >= 11 is 1.51. The Kier molecular flexibility index (Phi) is 3.93. The van der Waals surface area contributed by atoms with Gasteiger partial charge in [0.2, 0.25) is 11.8 Å². The van der Waals surface area contributed by atoms with E-state index in [-0.39, 0.29) is 17.5 Å². The van der Waals surface area contributed by atoms with Crippen molar-refractivity contribution in [2.24, 2.45) is 4.99 Å². The molecule has 126 valence electrons. The van der Waals surface area contributed by atoms with Crippen molar-refractivity contribution in [1.82, 2.24) is 4.98 Å². The molecule has 0 spiro atoms. The van der Waals surface area contributed by atoms with Crippen molar-refractivity contribution < 1.29 is 14.3 Å². The highest BCUT2D eigenvalue weighted by molar-refractivity contribution is 7.09. The van der Waals surface area contributed by atoms with E-state index in [2.05, 4.69) is 9.98 Å². The van der Waals surface area contributed by atoms with Crippen molar-refractivity contribution in [2.45, 2.75) is 19.8 Å². The normalized spacial score (nSPS) is 18.8. The number of rotatable bonds is 3. The molecule has 2 aliphatic heterocycles. The molecule has 1 aromatic carbocycles. The minimum Gasteiger partial charge on any atom is -0.402 e. The highest BCUT2D eigenvalue weighted by Crippen LogP contribution is 2.24. The van der Waals surface area contributed by atoms with Crippen LogP contribution in [0.25, 0.3) is 6.08 Å². The Labute approximate surface area is 148 Å². The maximum Gasteiger partial charge on any atom is 0.363 e. The van der Waals surface area contributed by atoms with E-state index in [4.69, 9.17) is 4.74 Å². The smallest absolute Gasteiger partial charge is 0.363 e. The Balaban J connectivity index is 1.57. The summed E-state index contributed by atoms with van der Waals surface area (Å²) in [5, 5.41) is 2.79. The number of esters is 1. The van der Waals surface area contributed by atoms with E-state index in [1.165, 1.54) is 11.3 Å². The molecule has 0 radical (unpaired) electrons. The van der Waals surface area contributed by atoms with Crippen molar-refractivity contribution in [2.75, 3.05) is 11.4 Å². The van der Waals surface area contributed by atoms with Gasteiger partial charge in [0.1, 0.15) is 0 Å². The van der Waals surface area contributed by atoms with Crippen LogP contribution in [0.15, 0.2) is 40.3 Å². The summed E-state index contributed by atoms with van der Waals surface area (Å²) in [6, 6.07) is 7.31. The van der Waals surface area contributed by atoms with Crippen LogP contribution in [0, 0.1) is 6.92 Å². The number of amides is 1. The topological polar surface area (TPSA) is 71.9 Å². The van der Waals surface area contributed by atoms with Gasteiger partial charge in [-0.05, 0) is 43.7 Å². The lowest BCUT2D eigenvalue weighted by atomic mass is 10.2. The molecule has 6 nitrogen and oxygen atoms in total. The van der Waals surface area contributed by atoms with Crippen LogP contribution in [0.5, 0.6) is 0 Å². The van der Waals surface area contributed by atoms with Crippen LogP contribution >= 0.6 is 11.3 Å². The number of aromatic nitrogens is 1. The zero-order chi connectivity index (χ0) is 17.4. The van der Waals surface area contributed by atoms with Gasteiger partial charge in [0.15, 0.2) is 5.70 Å². The largest absolute Gasteiger partial charge is 0.402 e. The fourth-order valence-electron chi connectivity index (χ4n) is 2.82. The molecule has 0 aliphatic carbocycles. The lowest BCUT2D eigenvalue weighted by Gasteiger charge is -2.15. The number of benzene rings is 1. The lowest BCUT2D eigenvalue weighted by molar-refractivity contribution is -0.130. The van der Waals surface area contributed by atoms with Gasteiger partial charge in [-0.1, -0.05) is 0 Å². The highest BCUT2D eigenvalue weighted by Gasteiger charge is 2.25. The summed E-state index contributed by atoms with van der Waals surface area (Å²) in [4.78, 5) is 34.1. The molecule has 1 fully saturated rings. The predicted octanol–water partition coefficient (Wildman–Crippen LogP) is 2.92. The van der Waals surface area contributed by atoms with E-state index in [0.717, 1.165) is 23.7 Å². The first-order valence-electron chi connectivity index (χ1n) is 7.96. The van der Waals surface area contributed by atoms with E-state index in [1.54, 1.807) is 11.0 Å². The zero-order valence-corrected chi connectivity index (χ0v) is 14.4. The second-order valence-electron chi connectivity index (χ2n) is 5.82. The third kappa shape index (κ3) is 3.10. The van der Waals surface area contributed by atoms with E-state index < -0.39 is 5.97 Å². The van der Waals surface area contributed by atoms with Gasteiger partial charge in [0.25, 0.3) is 0 Å². The standard InChI is InChI=1S/C18H15N3O3S/c1-11-19-13(10-25-11)9-15-18(23)24-17(20-15)12-4-6-14(7-5-12)21-8-2-3-16(21)22/h4-7,9-10H,2-3,8H2,1H3. The maximum atomic E-state index is 12.0. The summed E-state index contributed by atoms with van der Waals surface area (Å²) in [5.74, 6) is -0.0805. The van der Waals surface area contributed by atoms with Crippen LogP contribution in [0.1, 0.15) is 29.1 Å². The van der Waals surface area contributed by atoms with E-state index in [0.29, 0.717) is 17.7 Å². The molecule has 2 aromatic rings. The Hall–Kier alpha value is -2.80. The van der Waals surface area contributed by atoms with Crippen LogP contribution in [0.3, 0.4) is 0 Å². The SMILES string of the molecule is Cc1nc(C=C2N=C(c3ccc(N4CCCC4=O)cc3)OC2=O)cs1.